The summed E-state index contributed by atoms with van der Waals surface area (Å²) >= 11 is 0. The lowest BCUT2D eigenvalue weighted by Gasteiger charge is -2.14. The van der Waals surface area contributed by atoms with Crippen LogP contribution in [-0.4, -0.2) is 25.5 Å². The van der Waals surface area contributed by atoms with Crippen molar-refractivity contribution in [2.24, 2.45) is 0 Å². The van der Waals surface area contributed by atoms with Gasteiger partial charge in [-0.1, -0.05) is 6.08 Å². The summed E-state index contributed by atoms with van der Waals surface area (Å²) in [6.07, 6.45) is 4.20. The van der Waals surface area contributed by atoms with Gasteiger partial charge in [-0.15, -0.1) is 6.58 Å². The second-order valence-corrected chi connectivity index (χ2v) is 4.52. The zero-order valence-electron chi connectivity index (χ0n) is 11.3. The number of hydrogen-bond acceptors (Lipinski definition) is 3. The molecule has 0 aliphatic carbocycles. The summed E-state index contributed by atoms with van der Waals surface area (Å²) in [6.45, 7) is 8.58. The topological polar surface area (TPSA) is 28.4 Å². The molecular formula is C14H24N2O. The van der Waals surface area contributed by atoms with E-state index in [0.29, 0.717) is 0 Å². The molecule has 0 aliphatic rings. The number of nitrogens with zero attached hydrogens (tertiary/aromatic N) is 1. The van der Waals surface area contributed by atoms with Gasteiger partial charge in [-0.3, -0.25) is 4.90 Å². The van der Waals surface area contributed by atoms with Gasteiger partial charge in [-0.25, -0.2) is 0 Å². The molecule has 1 aromatic rings. The Morgan fingerprint density at radius 3 is 2.94 bits per heavy atom. The molecule has 0 aliphatic heterocycles. The summed E-state index contributed by atoms with van der Waals surface area (Å²) in [7, 11) is 4.06. The summed E-state index contributed by atoms with van der Waals surface area (Å²) in [5, 5.41) is 3.11. The molecular weight excluding hydrogens is 212 g/mol. The molecule has 0 saturated carbocycles. The second kappa shape index (κ2) is 7.30. The van der Waals surface area contributed by atoms with E-state index in [0.717, 1.165) is 44.0 Å². The molecule has 1 N–H and O–H groups in total. The number of allylic oxidation sites excluding steroid dienone is 1. The average molecular weight is 236 g/mol. The largest absolute Gasteiger partial charge is 0.463 e. The molecule has 0 bridgehead atoms. The van der Waals surface area contributed by atoms with Gasteiger partial charge in [0, 0.05) is 0 Å². The van der Waals surface area contributed by atoms with Crippen molar-refractivity contribution in [1.82, 2.24) is 10.2 Å². The van der Waals surface area contributed by atoms with Crippen LogP contribution in [0.5, 0.6) is 0 Å². The first-order valence-corrected chi connectivity index (χ1v) is 6.19. The Labute approximate surface area is 104 Å². The first-order valence-electron chi connectivity index (χ1n) is 6.19. The SMILES string of the molecule is C=CCCCN(C)Cc1cc(C)c(CNC)o1. The number of unbranched alkanes of at least 4 members (excludes halogenated alkanes) is 1. The summed E-state index contributed by atoms with van der Waals surface area (Å²) in [5.74, 6) is 2.09. The molecule has 0 spiro atoms. The molecule has 17 heavy (non-hydrogen) atoms. The highest BCUT2D eigenvalue weighted by Crippen LogP contribution is 2.15. The molecule has 1 aromatic heterocycles. The molecule has 0 atom stereocenters. The minimum Gasteiger partial charge on any atom is -0.463 e. The van der Waals surface area contributed by atoms with Crippen LogP contribution in [0.2, 0.25) is 0 Å². The molecule has 1 heterocycles. The first-order chi connectivity index (χ1) is 8.17. The fraction of sp³-hybridized carbons (Fsp3) is 0.571. The second-order valence-electron chi connectivity index (χ2n) is 4.52. The Balaban J connectivity index is 2.44. The van der Waals surface area contributed by atoms with E-state index in [-0.39, 0.29) is 0 Å². The molecule has 0 unspecified atom stereocenters. The van der Waals surface area contributed by atoms with Crippen molar-refractivity contribution >= 4 is 0 Å². The van der Waals surface area contributed by atoms with E-state index < -0.39 is 0 Å². The van der Waals surface area contributed by atoms with Gasteiger partial charge >= 0.3 is 0 Å². The first kappa shape index (κ1) is 14.0. The van der Waals surface area contributed by atoms with Crippen LogP contribution in [-0.2, 0) is 13.1 Å². The van der Waals surface area contributed by atoms with Crippen molar-refractivity contribution in [3.8, 4) is 0 Å². The Kier molecular flexibility index (Phi) is 6.01. The molecule has 3 heteroatoms. The van der Waals surface area contributed by atoms with Gasteiger partial charge in [0.15, 0.2) is 0 Å². The lowest BCUT2D eigenvalue weighted by Crippen LogP contribution is -2.18. The Hall–Kier alpha value is -1.06. The van der Waals surface area contributed by atoms with E-state index in [9.17, 15) is 0 Å². The summed E-state index contributed by atoms with van der Waals surface area (Å²) < 4.78 is 5.81. The van der Waals surface area contributed by atoms with Crippen LogP contribution in [0.3, 0.4) is 0 Å². The highest BCUT2D eigenvalue weighted by molar-refractivity contribution is 5.19. The third-order valence-corrected chi connectivity index (χ3v) is 2.78. The van der Waals surface area contributed by atoms with Gasteiger partial charge in [-0.05, 0) is 52.0 Å². The van der Waals surface area contributed by atoms with E-state index in [4.69, 9.17) is 4.42 Å². The van der Waals surface area contributed by atoms with E-state index in [1.807, 2.05) is 13.1 Å². The van der Waals surface area contributed by atoms with Gasteiger partial charge in [0.1, 0.15) is 11.5 Å². The van der Waals surface area contributed by atoms with E-state index in [1.54, 1.807) is 0 Å². The van der Waals surface area contributed by atoms with Crippen molar-refractivity contribution in [2.75, 3.05) is 20.6 Å². The maximum absolute atomic E-state index is 5.81. The lowest BCUT2D eigenvalue weighted by molar-refractivity contribution is 0.287. The van der Waals surface area contributed by atoms with Crippen molar-refractivity contribution < 1.29 is 4.42 Å². The third kappa shape index (κ3) is 4.75. The van der Waals surface area contributed by atoms with Crippen LogP contribution < -0.4 is 5.32 Å². The van der Waals surface area contributed by atoms with E-state index >= 15 is 0 Å². The zero-order chi connectivity index (χ0) is 12.7. The average Bonchev–Trinajstić information content (AvgIpc) is 2.60. The standard InChI is InChI=1S/C14H24N2O/c1-5-6-7-8-16(4)11-13-9-12(2)14(17-13)10-15-3/h5,9,15H,1,6-8,10-11H2,2-4H3. The van der Waals surface area contributed by atoms with Gasteiger partial charge in [0.25, 0.3) is 0 Å². The predicted octanol–water partition coefficient (Wildman–Crippen LogP) is 2.71. The van der Waals surface area contributed by atoms with Crippen LogP contribution in [0.4, 0.5) is 0 Å². The van der Waals surface area contributed by atoms with Crippen LogP contribution in [0.25, 0.3) is 0 Å². The third-order valence-electron chi connectivity index (χ3n) is 2.78. The molecule has 0 saturated heterocycles. The number of rotatable bonds is 8. The fourth-order valence-electron chi connectivity index (χ4n) is 1.85. The Bertz CT molecular complexity index is 344. The fourth-order valence-corrected chi connectivity index (χ4v) is 1.85. The lowest BCUT2D eigenvalue weighted by atomic mass is 10.2. The maximum atomic E-state index is 5.81. The van der Waals surface area contributed by atoms with Crippen LogP contribution >= 0.6 is 0 Å². The Morgan fingerprint density at radius 1 is 1.53 bits per heavy atom. The van der Waals surface area contributed by atoms with Crippen LogP contribution in [0, 0.1) is 6.92 Å². The van der Waals surface area contributed by atoms with Crippen LogP contribution in [0.1, 0.15) is 29.9 Å². The van der Waals surface area contributed by atoms with Gasteiger partial charge < -0.3 is 9.73 Å². The minimum atomic E-state index is 0.798. The van der Waals surface area contributed by atoms with Crippen molar-refractivity contribution in [1.29, 1.82) is 0 Å². The Morgan fingerprint density at radius 2 is 2.29 bits per heavy atom. The minimum absolute atomic E-state index is 0.798. The molecule has 0 fully saturated rings. The van der Waals surface area contributed by atoms with E-state index in [1.165, 1.54) is 5.56 Å². The molecule has 3 nitrogen and oxygen atoms in total. The van der Waals surface area contributed by atoms with E-state index in [2.05, 4.69) is 36.8 Å². The van der Waals surface area contributed by atoms with Crippen molar-refractivity contribution in [3.63, 3.8) is 0 Å². The normalized spacial score (nSPS) is 11.1. The summed E-state index contributed by atoms with van der Waals surface area (Å²) in [6, 6.07) is 2.14. The maximum Gasteiger partial charge on any atom is 0.120 e. The quantitative estimate of drug-likeness (QED) is 0.555. The summed E-state index contributed by atoms with van der Waals surface area (Å²) in [4.78, 5) is 2.28. The zero-order valence-corrected chi connectivity index (χ0v) is 11.3. The van der Waals surface area contributed by atoms with Crippen molar-refractivity contribution in [2.45, 2.75) is 32.9 Å². The predicted molar refractivity (Wildman–Crippen MR) is 72.0 cm³/mol. The smallest absolute Gasteiger partial charge is 0.120 e. The van der Waals surface area contributed by atoms with Crippen LogP contribution in [0.15, 0.2) is 23.1 Å². The van der Waals surface area contributed by atoms with Crippen molar-refractivity contribution in [3.05, 3.63) is 35.8 Å². The van der Waals surface area contributed by atoms with Gasteiger partial charge in [0.05, 0.1) is 13.1 Å². The molecule has 0 radical (unpaired) electrons. The van der Waals surface area contributed by atoms with Gasteiger partial charge in [0.2, 0.25) is 0 Å². The molecule has 0 aromatic carbocycles. The number of hydrogen-bond donors (Lipinski definition) is 1. The highest BCUT2D eigenvalue weighted by atomic mass is 16.3. The van der Waals surface area contributed by atoms with Gasteiger partial charge in [-0.2, -0.15) is 0 Å². The number of nitrogens with one attached hydrogen (secondary N) is 1. The summed E-state index contributed by atoms with van der Waals surface area (Å²) in [5.41, 5.74) is 1.23. The monoisotopic (exact) mass is 236 g/mol. The molecule has 96 valence electrons. The number of furan rings is 1. The number of aryl methyl sites for hydroxylation is 1. The highest BCUT2D eigenvalue weighted by Gasteiger charge is 2.08. The molecule has 0 amide bonds. The molecule has 1 rings (SSSR count).